The van der Waals surface area contributed by atoms with Crippen LogP contribution >= 0.6 is 0 Å². The van der Waals surface area contributed by atoms with E-state index in [0.717, 1.165) is 22.3 Å². The van der Waals surface area contributed by atoms with Crippen molar-refractivity contribution in [1.82, 2.24) is 10.6 Å². The van der Waals surface area contributed by atoms with Gasteiger partial charge in [-0.2, -0.15) is 0 Å². The van der Waals surface area contributed by atoms with E-state index < -0.39 is 42.1 Å². The molecule has 3 rings (SSSR count). The van der Waals surface area contributed by atoms with Crippen LogP contribution in [0.15, 0.2) is 48.5 Å². The Bertz CT molecular complexity index is 984. The Morgan fingerprint density at radius 2 is 1.52 bits per heavy atom. The van der Waals surface area contributed by atoms with Crippen LogP contribution in [0.2, 0.25) is 0 Å². The second-order valence-electron chi connectivity index (χ2n) is 9.18. The first-order valence-electron chi connectivity index (χ1n) is 10.9. The number of alkyl carbamates (subject to hydrolysis) is 1. The summed E-state index contributed by atoms with van der Waals surface area (Å²) in [6, 6.07) is 13.7. The molecule has 1 aliphatic carbocycles. The van der Waals surface area contributed by atoms with Crippen molar-refractivity contribution in [3.05, 3.63) is 59.7 Å². The number of carboxylic acids is 1. The van der Waals surface area contributed by atoms with Gasteiger partial charge in [-0.15, -0.1) is 0 Å². The van der Waals surface area contributed by atoms with Crippen molar-refractivity contribution >= 4 is 18.0 Å². The summed E-state index contributed by atoms with van der Waals surface area (Å²) < 4.78 is 5.53. The van der Waals surface area contributed by atoms with E-state index in [4.69, 9.17) is 9.84 Å². The molecule has 0 aromatic heterocycles. The molecule has 8 nitrogen and oxygen atoms in total. The normalized spacial score (nSPS) is 14.5. The highest BCUT2D eigenvalue weighted by atomic mass is 16.5. The maximum absolute atomic E-state index is 12.8. The van der Waals surface area contributed by atoms with E-state index in [9.17, 15) is 19.5 Å². The molecule has 0 bridgehead atoms. The van der Waals surface area contributed by atoms with E-state index in [2.05, 4.69) is 10.6 Å². The van der Waals surface area contributed by atoms with Crippen molar-refractivity contribution in [2.24, 2.45) is 5.41 Å². The molecule has 8 heteroatoms. The minimum absolute atomic E-state index is 0.0978. The van der Waals surface area contributed by atoms with Crippen molar-refractivity contribution in [3.63, 3.8) is 0 Å². The van der Waals surface area contributed by atoms with Crippen LogP contribution in [-0.4, -0.2) is 53.5 Å². The lowest BCUT2D eigenvalue weighted by Gasteiger charge is -2.31. The van der Waals surface area contributed by atoms with E-state index in [1.807, 2.05) is 48.5 Å². The number of nitrogens with one attached hydrogen (secondary N) is 2. The second-order valence-corrected chi connectivity index (χ2v) is 9.18. The number of benzene rings is 2. The Labute approximate surface area is 193 Å². The number of hydrogen-bond acceptors (Lipinski definition) is 5. The zero-order valence-corrected chi connectivity index (χ0v) is 19.0. The Kier molecular flexibility index (Phi) is 7.38. The average molecular weight is 455 g/mol. The number of ether oxygens (including phenoxy) is 1. The summed E-state index contributed by atoms with van der Waals surface area (Å²) in [7, 11) is 0. The van der Waals surface area contributed by atoms with Gasteiger partial charge >= 0.3 is 12.1 Å². The lowest BCUT2D eigenvalue weighted by molar-refractivity contribution is -0.143. The molecule has 0 radical (unpaired) electrons. The van der Waals surface area contributed by atoms with Gasteiger partial charge in [0.25, 0.3) is 0 Å². The van der Waals surface area contributed by atoms with Crippen LogP contribution in [0.1, 0.15) is 44.2 Å². The molecule has 0 saturated heterocycles. The number of amides is 2. The van der Waals surface area contributed by atoms with Crippen LogP contribution in [0.3, 0.4) is 0 Å². The summed E-state index contributed by atoms with van der Waals surface area (Å²) >= 11 is 0. The molecule has 0 heterocycles. The number of hydrogen-bond donors (Lipinski definition) is 4. The van der Waals surface area contributed by atoms with Crippen molar-refractivity contribution < 1.29 is 29.3 Å². The third kappa shape index (κ3) is 5.51. The zero-order chi connectivity index (χ0) is 24.2. The Balaban J connectivity index is 1.69. The van der Waals surface area contributed by atoms with Gasteiger partial charge in [0, 0.05) is 18.9 Å². The molecule has 2 aromatic rings. The quantitative estimate of drug-likeness (QED) is 0.486. The standard InChI is InChI=1S/C25H30N2O6/c1-25(2,3)21(22(29)26-20(12-13-28)23(30)31)27-24(32)33-14-19-17-10-6-4-8-15(17)16-9-5-7-11-18(16)19/h4-11,19-21,28H,12-14H2,1-3H3,(H,26,29)(H,27,32)(H,30,31)/t20-,21-/m0/s1. The number of aliphatic hydroxyl groups excluding tert-OH is 1. The van der Waals surface area contributed by atoms with E-state index in [1.165, 1.54) is 0 Å². The molecule has 1 aliphatic rings. The van der Waals surface area contributed by atoms with Gasteiger partial charge in [-0.25, -0.2) is 9.59 Å². The summed E-state index contributed by atoms with van der Waals surface area (Å²) in [6.45, 7) is 4.96. The van der Waals surface area contributed by atoms with Gasteiger partial charge in [0.05, 0.1) is 0 Å². The first-order valence-corrected chi connectivity index (χ1v) is 10.9. The number of fused-ring (bicyclic) bond motifs is 3. The van der Waals surface area contributed by atoms with Gasteiger partial charge < -0.3 is 25.6 Å². The van der Waals surface area contributed by atoms with Crippen molar-refractivity contribution in [2.45, 2.75) is 45.2 Å². The molecule has 4 N–H and O–H groups in total. The van der Waals surface area contributed by atoms with Crippen molar-refractivity contribution in [2.75, 3.05) is 13.2 Å². The summed E-state index contributed by atoms with van der Waals surface area (Å²) in [5, 5.41) is 23.3. The first-order chi connectivity index (χ1) is 15.6. The van der Waals surface area contributed by atoms with Crippen molar-refractivity contribution in [3.8, 4) is 11.1 Å². The highest BCUT2D eigenvalue weighted by Crippen LogP contribution is 2.44. The molecule has 2 aromatic carbocycles. The third-order valence-electron chi connectivity index (χ3n) is 5.77. The van der Waals surface area contributed by atoms with Gasteiger partial charge in [0.2, 0.25) is 5.91 Å². The van der Waals surface area contributed by atoms with E-state index >= 15 is 0 Å². The minimum atomic E-state index is -1.26. The topological polar surface area (TPSA) is 125 Å². The van der Waals surface area contributed by atoms with Crippen LogP contribution < -0.4 is 10.6 Å². The fraction of sp³-hybridized carbons (Fsp3) is 0.400. The Morgan fingerprint density at radius 3 is 2.00 bits per heavy atom. The molecule has 33 heavy (non-hydrogen) atoms. The largest absolute Gasteiger partial charge is 0.480 e. The summed E-state index contributed by atoms with van der Waals surface area (Å²) in [4.78, 5) is 36.8. The number of aliphatic hydroxyl groups is 1. The number of carbonyl (C=O) groups excluding carboxylic acids is 2. The molecule has 2 amide bonds. The van der Waals surface area contributed by atoms with Crippen LogP contribution in [0, 0.1) is 5.41 Å². The van der Waals surface area contributed by atoms with E-state index in [0.29, 0.717) is 0 Å². The fourth-order valence-corrected chi connectivity index (χ4v) is 4.07. The molecule has 0 saturated carbocycles. The number of aliphatic carboxylic acids is 1. The highest BCUT2D eigenvalue weighted by Gasteiger charge is 2.36. The fourth-order valence-electron chi connectivity index (χ4n) is 4.07. The summed E-state index contributed by atoms with van der Waals surface area (Å²) in [6.07, 6.45) is -0.899. The van der Waals surface area contributed by atoms with Gasteiger partial charge in [0.15, 0.2) is 0 Å². The predicted octanol–water partition coefficient (Wildman–Crippen LogP) is 2.89. The summed E-state index contributed by atoms with van der Waals surface area (Å²) in [5.41, 5.74) is 3.66. The molecular weight excluding hydrogens is 424 g/mol. The van der Waals surface area contributed by atoms with E-state index in [1.54, 1.807) is 20.8 Å². The SMILES string of the molecule is CC(C)(C)[C@@H](NC(=O)OCC1c2ccccc2-c2ccccc21)C(=O)N[C@@H](CCO)C(=O)O. The summed E-state index contributed by atoms with van der Waals surface area (Å²) in [5.74, 6) is -2.03. The predicted molar refractivity (Wildman–Crippen MR) is 123 cm³/mol. The Hall–Kier alpha value is -3.39. The molecule has 176 valence electrons. The average Bonchev–Trinajstić information content (AvgIpc) is 3.08. The first kappa shape index (κ1) is 24.3. The molecule has 0 fully saturated rings. The minimum Gasteiger partial charge on any atom is -0.480 e. The van der Waals surface area contributed by atoms with Crippen LogP contribution in [0.4, 0.5) is 4.79 Å². The van der Waals surface area contributed by atoms with Crippen molar-refractivity contribution in [1.29, 1.82) is 0 Å². The van der Waals surface area contributed by atoms with Gasteiger partial charge in [-0.3, -0.25) is 4.79 Å². The molecule has 0 aliphatic heterocycles. The zero-order valence-electron chi connectivity index (χ0n) is 19.0. The molecule has 0 spiro atoms. The van der Waals surface area contributed by atoms with Crippen LogP contribution in [0.25, 0.3) is 11.1 Å². The Morgan fingerprint density at radius 1 is 0.970 bits per heavy atom. The monoisotopic (exact) mass is 454 g/mol. The van der Waals surface area contributed by atoms with Crippen LogP contribution in [-0.2, 0) is 14.3 Å². The highest BCUT2D eigenvalue weighted by molar-refractivity contribution is 5.90. The van der Waals surface area contributed by atoms with Gasteiger partial charge in [-0.1, -0.05) is 69.3 Å². The maximum Gasteiger partial charge on any atom is 0.407 e. The molecule has 0 unspecified atom stereocenters. The number of carbonyl (C=O) groups is 3. The maximum atomic E-state index is 12.8. The van der Waals surface area contributed by atoms with Gasteiger partial charge in [-0.05, 0) is 27.7 Å². The van der Waals surface area contributed by atoms with Gasteiger partial charge in [0.1, 0.15) is 18.7 Å². The second kappa shape index (κ2) is 10.0. The lowest BCUT2D eigenvalue weighted by atomic mass is 9.86. The van der Waals surface area contributed by atoms with E-state index in [-0.39, 0.29) is 18.9 Å². The molecular formula is C25H30N2O6. The number of carboxylic acid groups (broad SMARTS) is 1. The lowest BCUT2D eigenvalue weighted by Crippen LogP contribution is -2.56. The molecule has 2 atom stereocenters. The smallest absolute Gasteiger partial charge is 0.407 e. The van der Waals surface area contributed by atoms with Crippen LogP contribution in [0.5, 0.6) is 0 Å². The number of rotatable bonds is 8. The third-order valence-corrected chi connectivity index (χ3v) is 5.77.